The highest BCUT2D eigenvalue weighted by Crippen LogP contribution is 2.08. The van der Waals surface area contributed by atoms with Crippen LogP contribution in [0.25, 0.3) is 0 Å². The molecule has 7 nitrogen and oxygen atoms in total. The molecule has 0 saturated carbocycles. The molecule has 2 N–H and O–H groups in total. The third kappa shape index (κ3) is 2.85. The van der Waals surface area contributed by atoms with E-state index in [4.69, 9.17) is 9.84 Å². The molecule has 1 heterocycles. The van der Waals surface area contributed by atoms with Gasteiger partial charge in [-0.2, -0.15) is 0 Å². The molecule has 1 saturated heterocycles. The first-order chi connectivity index (χ1) is 7.41. The van der Waals surface area contributed by atoms with Gasteiger partial charge in [0, 0.05) is 6.54 Å². The maximum atomic E-state index is 11.5. The van der Waals surface area contributed by atoms with E-state index in [2.05, 4.69) is 5.32 Å². The summed E-state index contributed by atoms with van der Waals surface area (Å²) in [5, 5.41) is 11.3. The van der Waals surface area contributed by atoms with Crippen molar-refractivity contribution in [2.45, 2.75) is 26.0 Å². The lowest BCUT2D eigenvalue weighted by atomic mass is 10.2. The van der Waals surface area contributed by atoms with Gasteiger partial charge in [-0.05, 0) is 13.8 Å². The van der Waals surface area contributed by atoms with Crippen LogP contribution in [-0.2, 0) is 14.3 Å². The third-order valence-electron chi connectivity index (χ3n) is 2.04. The number of nitrogens with one attached hydrogen (secondary N) is 1. The molecule has 1 unspecified atom stereocenters. The highest BCUT2D eigenvalue weighted by Gasteiger charge is 2.36. The second-order valence-corrected chi connectivity index (χ2v) is 3.72. The molecule has 1 fully saturated rings. The first-order valence-corrected chi connectivity index (χ1v) is 4.88. The summed E-state index contributed by atoms with van der Waals surface area (Å²) in [6.45, 7) is 2.92. The molecule has 0 spiro atoms. The molecule has 90 valence electrons. The zero-order chi connectivity index (χ0) is 12.3. The van der Waals surface area contributed by atoms with E-state index < -0.39 is 24.0 Å². The minimum atomic E-state index is -1.17. The van der Waals surface area contributed by atoms with Crippen LogP contribution in [0.15, 0.2) is 0 Å². The molecule has 0 radical (unpaired) electrons. The van der Waals surface area contributed by atoms with Crippen molar-refractivity contribution in [1.29, 1.82) is 0 Å². The van der Waals surface area contributed by atoms with E-state index in [9.17, 15) is 14.4 Å². The number of amides is 2. The van der Waals surface area contributed by atoms with Crippen molar-refractivity contribution in [2.24, 2.45) is 0 Å². The van der Waals surface area contributed by atoms with Crippen molar-refractivity contribution in [3.05, 3.63) is 0 Å². The number of rotatable bonds is 2. The Kier molecular flexibility index (Phi) is 3.70. The first kappa shape index (κ1) is 12.3. The molecular weight excluding hydrogens is 216 g/mol. The van der Waals surface area contributed by atoms with Crippen molar-refractivity contribution in [3.8, 4) is 0 Å². The summed E-state index contributed by atoms with van der Waals surface area (Å²) < 4.78 is 4.86. The fourth-order valence-corrected chi connectivity index (χ4v) is 1.32. The summed E-state index contributed by atoms with van der Waals surface area (Å²) in [6.07, 6.45) is -1.14. The Morgan fingerprint density at radius 1 is 1.56 bits per heavy atom. The minimum Gasteiger partial charge on any atom is -0.480 e. The quantitative estimate of drug-likeness (QED) is 0.661. The molecule has 2 amide bonds. The van der Waals surface area contributed by atoms with Crippen LogP contribution >= 0.6 is 0 Å². The lowest BCUT2D eigenvalue weighted by Gasteiger charge is -2.32. The highest BCUT2D eigenvalue weighted by atomic mass is 16.6. The maximum absolute atomic E-state index is 11.5. The van der Waals surface area contributed by atoms with Gasteiger partial charge in [0.05, 0.1) is 6.10 Å². The van der Waals surface area contributed by atoms with Gasteiger partial charge in [-0.15, -0.1) is 0 Å². The van der Waals surface area contributed by atoms with Gasteiger partial charge in [0.2, 0.25) is 5.91 Å². The van der Waals surface area contributed by atoms with Gasteiger partial charge in [0.15, 0.2) is 6.04 Å². The number of carbonyl (C=O) groups is 3. The van der Waals surface area contributed by atoms with Gasteiger partial charge in [-0.3, -0.25) is 9.69 Å². The van der Waals surface area contributed by atoms with E-state index in [1.54, 1.807) is 13.8 Å². The van der Waals surface area contributed by atoms with Crippen LogP contribution in [0.5, 0.6) is 0 Å². The van der Waals surface area contributed by atoms with Gasteiger partial charge in [-0.25, -0.2) is 9.59 Å². The molecule has 1 atom stereocenters. The average Bonchev–Trinajstić information content (AvgIpc) is 2.15. The average molecular weight is 230 g/mol. The Balaban J connectivity index is 2.74. The Morgan fingerprint density at radius 2 is 2.19 bits per heavy atom. The van der Waals surface area contributed by atoms with Crippen LogP contribution < -0.4 is 5.32 Å². The summed E-state index contributed by atoms with van der Waals surface area (Å²) in [7, 11) is 0. The number of carbonyl (C=O) groups excluding carboxylic acids is 2. The SMILES string of the molecule is CC(C)OC(=O)N1CC(=O)NCC1C(=O)O. The van der Waals surface area contributed by atoms with Crippen molar-refractivity contribution in [1.82, 2.24) is 10.2 Å². The zero-order valence-corrected chi connectivity index (χ0v) is 9.10. The molecule has 1 aliphatic heterocycles. The van der Waals surface area contributed by atoms with E-state index in [1.807, 2.05) is 0 Å². The van der Waals surface area contributed by atoms with Gasteiger partial charge in [-0.1, -0.05) is 0 Å². The fraction of sp³-hybridized carbons (Fsp3) is 0.667. The van der Waals surface area contributed by atoms with Gasteiger partial charge < -0.3 is 15.2 Å². The van der Waals surface area contributed by atoms with Crippen LogP contribution in [-0.4, -0.2) is 53.2 Å². The molecule has 7 heteroatoms. The number of ether oxygens (including phenoxy) is 1. The number of carboxylic acid groups (broad SMARTS) is 1. The highest BCUT2D eigenvalue weighted by molar-refractivity contribution is 5.89. The summed E-state index contributed by atoms with van der Waals surface area (Å²) in [5.74, 6) is -1.56. The van der Waals surface area contributed by atoms with Gasteiger partial charge in [0.25, 0.3) is 0 Å². The lowest BCUT2D eigenvalue weighted by molar-refractivity contribution is -0.145. The van der Waals surface area contributed by atoms with Crippen molar-refractivity contribution < 1.29 is 24.2 Å². The van der Waals surface area contributed by atoms with Gasteiger partial charge >= 0.3 is 12.1 Å². The van der Waals surface area contributed by atoms with E-state index in [0.717, 1.165) is 4.90 Å². The van der Waals surface area contributed by atoms with Crippen LogP contribution in [0.3, 0.4) is 0 Å². The number of hydrogen-bond acceptors (Lipinski definition) is 4. The Hall–Kier alpha value is -1.79. The normalized spacial score (nSPS) is 20.6. The summed E-state index contributed by atoms with van der Waals surface area (Å²) >= 11 is 0. The number of hydrogen-bond donors (Lipinski definition) is 2. The third-order valence-corrected chi connectivity index (χ3v) is 2.04. The van der Waals surface area contributed by atoms with Crippen LogP contribution in [0.1, 0.15) is 13.8 Å². The van der Waals surface area contributed by atoms with E-state index in [-0.39, 0.29) is 19.2 Å². The first-order valence-electron chi connectivity index (χ1n) is 4.88. The molecule has 0 bridgehead atoms. The number of piperazine rings is 1. The van der Waals surface area contributed by atoms with Crippen molar-refractivity contribution in [2.75, 3.05) is 13.1 Å². The number of aliphatic carboxylic acids is 1. The largest absolute Gasteiger partial charge is 0.480 e. The number of nitrogens with zero attached hydrogens (tertiary/aromatic N) is 1. The van der Waals surface area contributed by atoms with Crippen LogP contribution in [0, 0.1) is 0 Å². The second kappa shape index (κ2) is 4.82. The molecule has 0 aromatic rings. The zero-order valence-electron chi connectivity index (χ0n) is 9.10. The minimum absolute atomic E-state index is 0.0959. The second-order valence-electron chi connectivity index (χ2n) is 3.72. The van der Waals surface area contributed by atoms with Crippen molar-refractivity contribution in [3.63, 3.8) is 0 Å². The molecular formula is C9H14N2O5. The molecule has 0 aromatic heterocycles. The molecule has 0 aliphatic carbocycles. The predicted molar refractivity (Wildman–Crippen MR) is 52.8 cm³/mol. The van der Waals surface area contributed by atoms with E-state index >= 15 is 0 Å². The summed E-state index contributed by atoms with van der Waals surface area (Å²) in [6, 6.07) is -1.07. The molecule has 16 heavy (non-hydrogen) atoms. The Morgan fingerprint density at radius 3 is 2.69 bits per heavy atom. The van der Waals surface area contributed by atoms with E-state index in [0.29, 0.717) is 0 Å². The molecule has 1 aliphatic rings. The standard InChI is InChI=1S/C9H14N2O5/c1-5(2)16-9(15)11-4-7(12)10-3-6(11)8(13)14/h5-6H,3-4H2,1-2H3,(H,10,12)(H,13,14). The summed E-state index contributed by atoms with van der Waals surface area (Å²) in [5.41, 5.74) is 0. The van der Waals surface area contributed by atoms with Gasteiger partial charge in [0.1, 0.15) is 6.54 Å². The van der Waals surface area contributed by atoms with Crippen molar-refractivity contribution >= 4 is 18.0 Å². The number of carboxylic acids is 1. The van der Waals surface area contributed by atoms with Crippen LogP contribution in [0.2, 0.25) is 0 Å². The maximum Gasteiger partial charge on any atom is 0.411 e. The molecule has 1 rings (SSSR count). The fourth-order valence-electron chi connectivity index (χ4n) is 1.32. The Labute approximate surface area is 92.4 Å². The Bertz CT molecular complexity index is 315. The molecule has 0 aromatic carbocycles. The lowest BCUT2D eigenvalue weighted by Crippen LogP contribution is -2.59. The smallest absolute Gasteiger partial charge is 0.411 e. The summed E-state index contributed by atoms with van der Waals surface area (Å²) in [4.78, 5) is 34.4. The topological polar surface area (TPSA) is 95.9 Å². The predicted octanol–water partition coefficient (Wildman–Crippen LogP) is -0.584. The monoisotopic (exact) mass is 230 g/mol. The van der Waals surface area contributed by atoms with Crippen LogP contribution in [0.4, 0.5) is 4.79 Å². The van der Waals surface area contributed by atoms with E-state index in [1.165, 1.54) is 0 Å².